The van der Waals surface area contributed by atoms with E-state index in [9.17, 15) is 27.1 Å². The van der Waals surface area contributed by atoms with Gasteiger partial charge < -0.3 is 20.1 Å². The van der Waals surface area contributed by atoms with Gasteiger partial charge in [-0.3, -0.25) is 4.79 Å². The number of nitrogens with one attached hydrogen (secondary N) is 1. The van der Waals surface area contributed by atoms with Crippen molar-refractivity contribution in [3.8, 4) is 0 Å². The first kappa shape index (κ1) is 30.9. The van der Waals surface area contributed by atoms with Crippen molar-refractivity contribution < 1.29 is 31.8 Å². The number of carbonyl (C=O) groups is 1. The van der Waals surface area contributed by atoms with Crippen molar-refractivity contribution >= 4 is 33.0 Å². The molecular formula is C30H33ClF2N2O5S. The maximum absolute atomic E-state index is 13.0. The van der Waals surface area contributed by atoms with Crippen molar-refractivity contribution in [3.63, 3.8) is 0 Å². The molecule has 1 saturated heterocycles. The number of rotatable bonds is 11. The largest absolute Gasteiger partial charge is 0.394 e. The van der Waals surface area contributed by atoms with Gasteiger partial charge in [-0.15, -0.1) is 0 Å². The average Bonchev–Trinajstić information content (AvgIpc) is 2.99. The molecule has 3 aromatic carbocycles. The Balaban J connectivity index is 1.48. The van der Waals surface area contributed by atoms with Gasteiger partial charge in [-0.1, -0.05) is 42.8 Å². The van der Waals surface area contributed by atoms with Gasteiger partial charge in [0.2, 0.25) is 0 Å². The second kappa shape index (κ2) is 13.7. The fourth-order valence-electron chi connectivity index (χ4n) is 5.06. The molecule has 0 saturated carbocycles. The second-order valence-electron chi connectivity index (χ2n) is 9.95. The molecule has 7 nitrogen and oxygen atoms in total. The minimum absolute atomic E-state index is 0.0261. The molecule has 0 radical (unpaired) electrons. The molecule has 1 aliphatic heterocycles. The fourth-order valence-corrected chi connectivity index (χ4v) is 6.07. The van der Waals surface area contributed by atoms with Crippen LogP contribution in [0.3, 0.4) is 0 Å². The van der Waals surface area contributed by atoms with E-state index in [-0.39, 0.29) is 35.8 Å². The van der Waals surface area contributed by atoms with Crippen LogP contribution in [-0.2, 0) is 14.6 Å². The lowest BCUT2D eigenvalue weighted by atomic mass is 9.87. The molecule has 2 N–H and O–H groups in total. The number of aliphatic hydroxyl groups excluding tert-OH is 1. The molecule has 1 heterocycles. The number of nitrogens with zero attached hydrogens (tertiary/aromatic N) is 1. The van der Waals surface area contributed by atoms with Crippen LogP contribution < -0.4 is 10.2 Å². The zero-order valence-corrected chi connectivity index (χ0v) is 24.1. The molecule has 1 aliphatic rings. The maximum Gasteiger partial charge on any atom is 0.345 e. The number of benzene rings is 3. The minimum atomic E-state index is -3.36. The van der Waals surface area contributed by atoms with Crippen molar-refractivity contribution in [2.24, 2.45) is 0 Å². The predicted octanol–water partition coefficient (Wildman–Crippen LogP) is 5.59. The van der Waals surface area contributed by atoms with Gasteiger partial charge in [-0.25, -0.2) is 8.42 Å². The first-order valence-electron chi connectivity index (χ1n) is 13.4. The Labute approximate surface area is 244 Å². The zero-order chi connectivity index (χ0) is 29.6. The van der Waals surface area contributed by atoms with Gasteiger partial charge in [0, 0.05) is 28.7 Å². The Kier molecular flexibility index (Phi) is 10.4. The molecule has 0 bridgehead atoms. The molecule has 1 unspecified atom stereocenters. The number of halogens is 3. The van der Waals surface area contributed by atoms with E-state index in [0.717, 1.165) is 17.7 Å². The van der Waals surface area contributed by atoms with E-state index in [0.29, 0.717) is 29.1 Å². The predicted molar refractivity (Wildman–Crippen MR) is 154 cm³/mol. The van der Waals surface area contributed by atoms with Crippen LogP contribution in [0, 0.1) is 0 Å². The highest BCUT2D eigenvalue weighted by Crippen LogP contribution is 2.34. The quantitative estimate of drug-likeness (QED) is 0.296. The van der Waals surface area contributed by atoms with Gasteiger partial charge in [-0.2, -0.15) is 8.78 Å². The number of anilines is 1. The summed E-state index contributed by atoms with van der Waals surface area (Å²) in [6.45, 7) is -1.21. The molecule has 3 aromatic rings. The Morgan fingerprint density at radius 3 is 2.29 bits per heavy atom. The van der Waals surface area contributed by atoms with E-state index in [1.54, 1.807) is 43.3 Å². The Morgan fingerprint density at radius 2 is 1.71 bits per heavy atom. The van der Waals surface area contributed by atoms with Gasteiger partial charge in [-0.05, 0) is 72.5 Å². The van der Waals surface area contributed by atoms with Gasteiger partial charge in [0.25, 0.3) is 5.91 Å². The van der Waals surface area contributed by atoms with Crippen LogP contribution in [-0.4, -0.2) is 57.6 Å². The highest BCUT2D eigenvalue weighted by molar-refractivity contribution is 7.91. The summed E-state index contributed by atoms with van der Waals surface area (Å²) in [5.41, 5.74) is 2.80. The smallest absolute Gasteiger partial charge is 0.345 e. The lowest BCUT2D eigenvalue weighted by Crippen LogP contribution is -2.45. The number of sulfone groups is 1. The number of hydrogen-bond donors (Lipinski definition) is 2. The van der Waals surface area contributed by atoms with Crippen LogP contribution in [0.15, 0.2) is 77.7 Å². The van der Waals surface area contributed by atoms with Crippen LogP contribution in [0.4, 0.5) is 14.5 Å². The number of alkyl halides is 2. The molecular weight excluding hydrogens is 574 g/mol. The van der Waals surface area contributed by atoms with E-state index in [2.05, 4.69) is 10.1 Å². The lowest BCUT2D eigenvalue weighted by Gasteiger charge is -2.41. The summed E-state index contributed by atoms with van der Waals surface area (Å²) < 4.78 is 54.5. The van der Waals surface area contributed by atoms with E-state index in [1.165, 1.54) is 12.1 Å². The van der Waals surface area contributed by atoms with Crippen molar-refractivity contribution in [1.82, 2.24) is 5.32 Å². The molecule has 1 fully saturated rings. The molecule has 0 spiro atoms. The first-order valence-corrected chi connectivity index (χ1v) is 15.4. The Hall–Kier alpha value is -3.05. The summed E-state index contributed by atoms with van der Waals surface area (Å²) in [5.74, 6) is -0.278. The summed E-state index contributed by atoms with van der Waals surface area (Å²) in [7, 11) is -3.36. The van der Waals surface area contributed by atoms with Crippen molar-refractivity contribution in [2.45, 2.75) is 49.3 Å². The minimum Gasteiger partial charge on any atom is -0.394 e. The third kappa shape index (κ3) is 7.82. The summed E-state index contributed by atoms with van der Waals surface area (Å²) in [5, 5.41) is 13.3. The Morgan fingerprint density at radius 1 is 1.05 bits per heavy atom. The third-order valence-corrected chi connectivity index (χ3v) is 9.44. The van der Waals surface area contributed by atoms with Crippen molar-refractivity contribution in [1.29, 1.82) is 0 Å². The van der Waals surface area contributed by atoms with Gasteiger partial charge >= 0.3 is 6.61 Å². The number of hydrogen-bond acceptors (Lipinski definition) is 6. The highest BCUT2D eigenvalue weighted by Gasteiger charge is 2.30. The zero-order valence-electron chi connectivity index (χ0n) is 22.5. The van der Waals surface area contributed by atoms with E-state index >= 15 is 0 Å². The second-order valence-corrected chi connectivity index (χ2v) is 12.7. The molecule has 0 aromatic heterocycles. The van der Waals surface area contributed by atoms with Crippen molar-refractivity contribution in [2.75, 3.05) is 30.4 Å². The number of amides is 1. The first-order chi connectivity index (χ1) is 19.6. The number of ether oxygens (including phenoxy) is 1. The number of piperidine rings is 1. The van der Waals surface area contributed by atoms with Gasteiger partial charge in [0.15, 0.2) is 9.84 Å². The SMILES string of the molecule is CCS(=O)(=O)c1ccc([C@H](CO)NC(=O)c2ccc(N3CC(c4ccc(Cl)cc4)CC[C@H]3COC(F)F)cc2)cc1. The van der Waals surface area contributed by atoms with Crippen LogP contribution in [0.5, 0.6) is 0 Å². The molecule has 11 heteroatoms. The highest BCUT2D eigenvalue weighted by atomic mass is 35.5. The van der Waals surface area contributed by atoms with Gasteiger partial charge in [0.05, 0.1) is 35.9 Å². The summed E-state index contributed by atoms with van der Waals surface area (Å²) in [6.07, 6.45) is 1.46. The van der Waals surface area contributed by atoms with E-state index < -0.39 is 28.4 Å². The molecule has 0 aliphatic carbocycles. The summed E-state index contributed by atoms with van der Waals surface area (Å²) >= 11 is 6.05. The Bertz CT molecular complexity index is 1400. The molecule has 3 atom stereocenters. The molecule has 4 rings (SSSR count). The molecule has 41 heavy (non-hydrogen) atoms. The topological polar surface area (TPSA) is 95.9 Å². The average molecular weight is 607 g/mol. The fraction of sp³-hybridized carbons (Fsp3) is 0.367. The lowest BCUT2D eigenvalue weighted by molar-refractivity contribution is -0.133. The number of carbonyl (C=O) groups excluding carboxylic acids is 1. The third-order valence-electron chi connectivity index (χ3n) is 7.43. The van der Waals surface area contributed by atoms with Crippen LogP contribution in [0.25, 0.3) is 0 Å². The molecule has 220 valence electrons. The maximum atomic E-state index is 13.0. The van der Waals surface area contributed by atoms with Gasteiger partial charge in [0.1, 0.15) is 0 Å². The van der Waals surface area contributed by atoms with Crippen molar-refractivity contribution in [3.05, 3.63) is 94.5 Å². The van der Waals surface area contributed by atoms with E-state index in [1.807, 2.05) is 29.2 Å². The summed E-state index contributed by atoms with van der Waals surface area (Å²) in [4.78, 5) is 15.2. The monoisotopic (exact) mass is 606 g/mol. The number of aliphatic hydroxyl groups is 1. The molecule has 1 amide bonds. The summed E-state index contributed by atoms with van der Waals surface area (Å²) in [6, 6.07) is 19.5. The van der Waals surface area contributed by atoms with Crippen LogP contribution in [0.2, 0.25) is 5.02 Å². The van der Waals surface area contributed by atoms with Crippen LogP contribution >= 0.6 is 11.6 Å². The standard InChI is InChI=1S/C30H33ClF2N2O5S/c1-2-41(38,39)27-15-8-21(9-16-27)28(18-36)34-29(37)22-5-12-25(13-6-22)35-17-23(20-3-10-24(31)11-4-20)7-14-26(35)19-40-30(32)33/h3-6,8-13,15-16,23,26,28,30,36H,2,7,14,17-19H2,1H3,(H,34,37)/t23?,26-,28-/m0/s1. The van der Waals surface area contributed by atoms with Crippen LogP contribution in [0.1, 0.15) is 53.2 Å². The van der Waals surface area contributed by atoms with E-state index in [4.69, 9.17) is 11.6 Å². The normalized spacial score (nSPS) is 18.3.